The Morgan fingerprint density at radius 2 is 1.26 bits per heavy atom. The van der Waals surface area contributed by atoms with Gasteiger partial charge in [0.1, 0.15) is 0 Å². The van der Waals surface area contributed by atoms with Crippen molar-refractivity contribution in [2.24, 2.45) is 11.3 Å². The molecular weight excluding hydrogens is 519 g/mol. The van der Waals surface area contributed by atoms with E-state index in [1.807, 2.05) is 13.8 Å². The first-order chi connectivity index (χ1) is 17.8. The van der Waals surface area contributed by atoms with Crippen molar-refractivity contribution >= 4 is 19.3 Å². The van der Waals surface area contributed by atoms with Crippen LogP contribution in [-0.4, -0.2) is 55.9 Å². The van der Waals surface area contributed by atoms with E-state index < -0.39 is 31.0 Å². The Morgan fingerprint density at radius 3 is 1.66 bits per heavy atom. The van der Waals surface area contributed by atoms with Gasteiger partial charge in [-0.3, -0.25) is 0 Å². The fourth-order valence-electron chi connectivity index (χ4n) is 4.62. The molecule has 1 aliphatic heterocycles. The van der Waals surface area contributed by atoms with Crippen molar-refractivity contribution in [3.8, 4) is 23.0 Å². The van der Waals surface area contributed by atoms with E-state index >= 15 is 0 Å². The second-order valence-electron chi connectivity index (χ2n) is 9.86. The monoisotopic (exact) mass is 554 g/mol. The van der Waals surface area contributed by atoms with Gasteiger partial charge in [-0.15, -0.1) is 0 Å². The van der Waals surface area contributed by atoms with Gasteiger partial charge in [-0.05, 0) is 0 Å². The van der Waals surface area contributed by atoms with E-state index in [-0.39, 0.29) is 35.7 Å². The summed E-state index contributed by atoms with van der Waals surface area (Å²) >= 11 is 0. The molecule has 1 aliphatic rings. The summed E-state index contributed by atoms with van der Waals surface area (Å²) in [7, 11) is 0.388. The van der Waals surface area contributed by atoms with Crippen LogP contribution in [0.4, 0.5) is 0 Å². The molecule has 210 valence electrons. The molecule has 3 rings (SSSR count). The number of Topliss-reactive ketones (excluding diaryl/α,β-unsaturated/α-hetero) is 2. The second-order valence-corrected chi connectivity index (χ2v) is 12.0. The average molecular weight is 555 g/mol. The van der Waals surface area contributed by atoms with Gasteiger partial charge in [0.2, 0.25) is 0 Å². The van der Waals surface area contributed by atoms with Crippen LogP contribution >= 0.6 is 7.74 Å². The van der Waals surface area contributed by atoms with Gasteiger partial charge in [0.25, 0.3) is 0 Å². The molecule has 2 aromatic carbocycles. The topological polar surface area (TPSA) is 146 Å². The van der Waals surface area contributed by atoms with Gasteiger partial charge in [-0.2, -0.15) is 0 Å². The van der Waals surface area contributed by atoms with E-state index in [0.29, 0.717) is 17.1 Å². The van der Waals surface area contributed by atoms with Crippen LogP contribution in [0.3, 0.4) is 0 Å². The molecule has 0 bridgehead atoms. The summed E-state index contributed by atoms with van der Waals surface area (Å²) in [6.45, 7) is 5.42. The number of ether oxygens (including phenoxy) is 4. The van der Waals surface area contributed by atoms with Crippen LogP contribution in [0.1, 0.15) is 54.3 Å². The summed E-state index contributed by atoms with van der Waals surface area (Å²) in [5, 5.41) is 0. The van der Waals surface area contributed by atoms with E-state index in [1.165, 1.54) is 28.4 Å². The summed E-state index contributed by atoms with van der Waals surface area (Å²) in [5.74, 6) is -0.300. The first-order valence-corrected chi connectivity index (χ1v) is 13.8. The van der Waals surface area contributed by atoms with Crippen molar-refractivity contribution < 1.29 is 52.2 Å². The number of hydrogen-bond donors (Lipinski definition) is 2. The molecule has 1 saturated heterocycles. The van der Waals surface area contributed by atoms with Crippen LogP contribution in [0.2, 0.25) is 0 Å². The van der Waals surface area contributed by atoms with Crippen molar-refractivity contribution in [1.82, 2.24) is 0 Å². The molecule has 1 fully saturated rings. The Hall–Kier alpha value is -2.79. The number of carbonyl (C=O) groups excluding carboxylic acids is 2. The second kappa shape index (κ2) is 11.1. The minimum absolute atomic E-state index is 0.0578. The maximum atomic E-state index is 13.8. The zero-order valence-corrected chi connectivity index (χ0v) is 23.4. The van der Waals surface area contributed by atoms with Crippen molar-refractivity contribution in [2.75, 3.05) is 28.4 Å². The van der Waals surface area contributed by atoms with Gasteiger partial charge in [-0.1, -0.05) is 0 Å². The maximum absolute atomic E-state index is 13.8. The third kappa shape index (κ3) is 6.61. The molecule has 1 heterocycles. The zero-order valence-electron chi connectivity index (χ0n) is 22.5. The molecule has 38 heavy (non-hydrogen) atoms. The number of hydrogen-bond acceptors (Lipinski definition) is 11. The SMILES string of the molecule is COc1cccc(OC)c1C(=O)CC(C)(C)CC(C)C(OP1(O)(O)OO1)C(=O)c1c(OC)cccc1OC. The average Bonchev–Trinajstić information content (AvgIpc) is 3.54. The van der Waals surface area contributed by atoms with Gasteiger partial charge < -0.3 is 0 Å². The molecule has 0 spiro atoms. The molecule has 0 aliphatic carbocycles. The van der Waals surface area contributed by atoms with E-state index in [9.17, 15) is 19.4 Å². The van der Waals surface area contributed by atoms with Crippen molar-refractivity contribution in [1.29, 1.82) is 0 Å². The molecule has 0 saturated carbocycles. The third-order valence-electron chi connectivity index (χ3n) is 6.23. The molecule has 0 radical (unpaired) electrons. The first-order valence-electron chi connectivity index (χ1n) is 11.9. The number of ketones is 2. The third-order valence-corrected chi connectivity index (χ3v) is 7.36. The van der Waals surface area contributed by atoms with Gasteiger partial charge in [0.15, 0.2) is 0 Å². The van der Waals surface area contributed by atoms with Gasteiger partial charge in [0.05, 0.1) is 0 Å². The van der Waals surface area contributed by atoms with E-state index in [2.05, 4.69) is 9.35 Å². The summed E-state index contributed by atoms with van der Waals surface area (Å²) in [4.78, 5) is 47.8. The Bertz CT molecular complexity index is 1140. The minimum atomic E-state index is -5.35. The summed E-state index contributed by atoms with van der Waals surface area (Å²) in [6, 6.07) is 9.88. The molecule has 0 amide bonds. The number of benzene rings is 2. The van der Waals surface area contributed by atoms with E-state index in [4.69, 9.17) is 23.5 Å². The number of carbonyl (C=O) groups is 2. The van der Waals surface area contributed by atoms with Crippen molar-refractivity contribution in [2.45, 2.75) is 39.7 Å². The zero-order chi connectivity index (χ0) is 28.3. The molecule has 11 nitrogen and oxygen atoms in total. The van der Waals surface area contributed by atoms with Crippen LogP contribution in [0.25, 0.3) is 0 Å². The molecule has 2 unspecified atom stereocenters. The molecule has 2 atom stereocenters. The van der Waals surface area contributed by atoms with Crippen LogP contribution in [0.5, 0.6) is 23.0 Å². The predicted molar refractivity (Wildman–Crippen MR) is 138 cm³/mol. The van der Waals surface area contributed by atoms with Crippen molar-refractivity contribution in [3.05, 3.63) is 47.5 Å². The molecule has 12 heteroatoms. The Labute approximate surface area is 221 Å². The van der Waals surface area contributed by atoms with Gasteiger partial charge >= 0.3 is 222 Å². The quantitative estimate of drug-likeness (QED) is 0.145. The first kappa shape index (κ1) is 29.8. The van der Waals surface area contributed by atoms with Crippen LogP contribution in [-0.2, 0) is 13.9 Å². The fraction of sp³-hybridized carbons (Fsp3) is 0.462. The molecular formula is C26H35O11P. The Morgan fingerprint density at radius 1 is 0.842 bits per heavy atom. The van der Waals surface area contributed by atoms with E-state index in [1.54, 1.807) is 43.3 Å². The standard InChI is InChI=1S/C26H35O11P/c1-16(14-26(2,3)15-17(27)22-18(31-4)10-8-11-19(22)32-5)25(35-38(29,30)36-37-38)24(28)23-20(33-6)12-9-13-21(23)34-7/h8-13,16,25,29-30H,14-15H2,1-7H3. The summed E-state index contributed by atoms with van der Waals surface area (Å²) < 4.78 is 35.7. The van der Waals surface area contributed by atoms with Gasteiger partial charge in [0, 0.05) is 0 Å². The molecule has 2 aromatic rings. The Kier molecular flexibility index (Phi) is 8.72. The van der Waals surface area contributed by atoms with Crippen LogP contribution in [0.15, 0.2) is 36.4 Å². The van der Waals surface area contributed by atoms with Crippen molar-refractivity contribution in [3.63, 3.8) is 0 Å². The molecule has 2 N–H and O–H groups in total. The Balaban J connectivity index is 1.91. The number of rotatable bonds is 14. The predicted octanol–water partition coefficient (Wildman–Crippen LogP) is 4.69. The van der Waals surface area contributed by atoms with Gasteiger partial charge in [-0.25, -0.2) is 0 Å². The van der Waals surface area contributed by atoms with E-state index in [0.717, 1.165) is 0 Å². The number of methoxy groups -OCH3 is 4. The summed E-state index contributed by atoms with van der Waals surface area (Å²) in [6.07, 6.45) is -1.11. The van der Waals surface area contributed by atoms with Crippen LogP contribution in [0, 0.1) is 11.3 Å². The fourth-order valence-corrected chi connectivity index (χ4v) is 5.73. The molecule has 0 aromatic heterocycles. The van der Waals surface area contributed by atoms with Crippen LogP contribution < -0.4 is 18.9 Å². The summed E-state index contributed by atoms with van der Waals surface area (Å²) in [5.41, 5.74) is -0.301. The normalized spacial score (nSPS) is 18.3.